The van der Waals surface area contributed by atoms with Gasteiger partial charge in [0.05, 0.1) is 11.7 Å². The minimum absolute atomic E-state index is 0.262. The summed E-state index contributed by atoms with van der Waals surface area (Å²) in [6.07, 6.45) is -0.373. The molecular weight excluding hydrogens is 266 g/mol. The molecule has 0 aliphatic carbocycles. The zero-order valence-corrected chi connectivity index (χ0v) is 11.2. The van der Waals surface area contributed by atoms with E-state index in [0.717, 1.165) is 0 Å². The van der Waals surface area contributed by atoms with Crippen LogP contribution in [0.25, 0.3) is 0 Å². The van der Waals surface area contributed by atoms with Crippen molar-refractivity contribution in [3.8, 4) is 0 Å². The molecule has 0 bridgehead atoms. The van der Waals surface area contributed by atoms with E-state index >= 15 is 0 Å². The lowest BCUT2D eigenvalue weighted by molar-refractivity contribution is -0.186. The van der Waals surface area contributed by atoms with E-state index in [9.17, 15) is 9.59 Å². The maximum atomic E-state index is 11.9. The predicted molar refractivity (Wildman–Crippen MR) is 68.2 cm³/mol. The van der Waals surface area contributed by atoms with E-state index in [1.807, 2.05) is 0 Å². The first-order valence-electron chi connectivity index (χ1n) is 6.44. The van der Waals surface area contributed by atoms with Gasteiger partial charge in [-0.15, -0.1) is 0 Å². The van der Waals surface area contributed by atoms with E-state index in [1.54, 1.807) is 13.8 Å². The van der Waals surface area contributed by atoms with Crippen LogP contribution in [0, 0.1) is 0 Å². The van der Waals surface area contributed by atoms with E-state index in [1.165, 1.54) is 6.20 Å². The van der Waals surface area contributed by atoms with Crippen LogP contribution >= 0.6 is 0 Å². The van der Waals surface area contributed by atoms with Gasteiger partial charge < -0.3 is 24.9 Å². The first-order valence-corrected chi connectivity index (χ1v) is 6.44. The van der Waals surface area contributed by atoms with Crippen molar-refractivity contribution in [1.29, 1.82) is 0 Å². The molecule has 0 radical (unpaired) electrons. The van der Waals surface area contributed by atoms with Crippen molar-refractivity contribution in [2.45, 2.75) is 44.1 Å². The van der Waals surface area contributed by atoms with E-state index in [0.29, 0.717) is 5.56 Å². The molecular formula is C12H17N3O5. The van der Waals surface area contributed by atoms with Crippen molar-refractivity contribution in [2.75, 3.05) is 6.54 Å². The second kappa shape index (κ2) is 4.52. The molecule has 0 saturated carbocycles. The van der Waals surface area contributed by atoms with Gasteiger partial charge in [0.1, 0.15) is 18.3 Å². The largest absolute Gasteiger partial charge is 0.363 e. The lowest BCUT2D eigenvalue weighted by Gasteiger charge is -2.23. The van der Waals surface area contributed by atoms with Crippen LogP contribution in [0.4, 0.5) is 0 Å². The number of ether oxygens (including phenoxy) is 3. The standard InChI is InChI=1S/C12H17N3O5/c1-12(2)19-8-6(3-13)18-7(9(8)20-12)5-4-14-11(17)15-10(5)16/h4,6-9H,3,13H2,1-2H3,(H2,14,15,16,17)/t6-,7+,8-,9+/m1/s1. The third-order valence-corrected chi connectivity index (χ3v) is 3.54. The van der Waals surface area contributed by atoms with E-state index in [2.05, 4.69) is 9.97 Å². The second-order valence-corrected chi connectivity index (χ2v) is 5.42. The molecule has 1 aromatic rings. The summed E-state index contributed by atoms with van der Waals surface area (Å²) < 4.78 is 17.4. The van der Waals surface area contributed by atoms with E-state index in [-0.39, 0.29) is 18.8 Å². The molecule has 2 saturated heterocycles. The highest BCUT2D eigenvalue weighted by Crippen LogP contribution is 2.43. The fourth-order valence-corrected chi connectivity index (χ4v) is 2.75. The number of aromatic nitrogens is 2. The Kier molecular flexibility index (Phi) is 3.05. The molecule has 2 fully saturated rings. The van der Waals surface area contributed by atoms with Crippen molar-refractivity contribution in [1.82, 2.24) is 9.97 Å². The second-order valence-electron chi connectivity index (χ2n) is 5.42. The maximum Gasteiger partial charge on any atom is 0.325 e. The number of H-pyrrole nitrogens is 2. The minimum atomic E-state index is -0.750. The summed E-state index contributed by atoms with van der Waals surface area (Å²) in [6.45, 7) is 3.86. The topological polar surface area (TPSA) is 119 Å². The summed E-state index contributed by atoms with van der Waals surface area (Å²) in [5, 5.41) is 0. The van der Waals surface area contributed by atoms with Gasteiger partial charge in [0, 0.05) is 12.7 Å². The Morgan fingerprint density at radius 2 is 2.00 bits per heavy atom. The maximum absolute atomic E-state index is 11.9. The van der Waals surface area contributed by atoms with Gasteiger partial charge in [-0.1, -0.05) is 0 Å². The lowest BCUT2D eigenvalue weighted by Crippen LogP contribution is -2.34. The number of hydrogen-bond acceptors (Lipinski definition) is 6. The van der Waals surface area contributed by atoms with Crippen molar-refractivity contribution >= 4 is 0 Å². The summed E-state index contributed by atoms with van der Waals surface area (Å²) in [5.74, 6) is -0.750. The van der Waals surface area contributed by atoms with Gasteiger partial charge in [0.15, 0.2) is 5.79 Å². The summed E-state index contributed by atoms with van der Waals surface area (Å²) in [6, 6.07) is 0. The van der Waals surface area contributed by atoms with Gasteiger partial charge >= 0.3 is 5.69 Å². The molecule has 8 nitrogen and oxygen atoms in total. The fourth-order valence-electron chi connectivity index (χ4n) is 2.75. The van der Waals surface area contributed by atoms with Crippen LogP contribution < -0.4 is 17.0 Å². The first-order chi connectivity index (χ1) is 9.41. The molecule has 0 unspecified atom stereocenters. The number of nitrogens with two attached hydrogens (primary N) is 1. The van der Waals surface area contributed by atoms with E-state index in [4.69, 9.17) is 19.9 Å². The normalized spacial score (nSPS) is 35.1. The summed E-state index contributed by atoms with van der Waals surface area (Å²) in [7, 11) is 0. The molecule has 110 valence electrons. The smallest absolute Gasteiger partial charge is 0.325 e. The molecule has 8 heteroatoms. The molecule has 4 atom stereocenters. The van der Waals surface area contributed by atoms with Crippen LogP contribution in [-0.2, 0) is 14.2 Å². The Labute approximate surface area is 114 Å². The van der Waals surface area contributed by atoms with Crippen LogP contribution in [0.15, 0.2) is 15.8 Å². The monoisotopic (exact) mass is 283 g/mol. The van der Waals surface area contributed by atoms with Crippen molar-refractivity contribution in [2.24, 2.45) is 5.73 Å². The predicted octanol–water partition coefficient (Wildman–Crippen LogP) is -1.02. The van der Waals surface area contributed by atoms with Gasteiger partial charge in [-0.2, -0.15) is 0 Å². The van der Waals surface area contributed by atoms with Crippen LogP contribution in [0.3, 0.4) is 0 Å². The average molecular weight is 283 g/mol. The quantitative estimate of drug-likeness (QED) is 0.639. The molecule has 3 rings (SSSR count). The van der Waals surface area contributed by atoms with Crippen LogP contribution in [0.2, 0.25) is 0 Å². The summed E-state index contributed by atoms with van der Waals surface area (Å²) in [4.78, 5) is 27.6. The van der Waals surface area contributed by atoms with Crippen LogP contribution in [0.1, 0.15) is 25.5 Å². The molecule has 4 N–H and O–H groups in total. The number of nitrogens with one attached hydrogen (secondary N) is 2. The average Bonchev–Trinajstić information content (AvgIpc) is 2.83. The Balaban J connectivity index is 1.98. The van der Waals surface area contributed by atoms with Crippen molar-refractivity contribution < 1.29 is 14.2 Å². The third-order valence-electron chi connectivity index (χ3n) is 3.54. The molecule has 0 aromatic carbocycles. The zero-order chi connectivity index (χ0) is 14.5. The third kappa shape index (κ3) is 2.10. The fraction of sp³-hybridized carbons (Fsp3) is 0.667. The highest BCUT2D eigenvalue weighted by Gasteiger charge is 2.55. The van der Waals surface area contributed by atoms with Crippen molar-refractivity contribution in [3.05, 3.63) is 32.6 Å². The number of aromatic amines is 2. The number of fused-ring (bicyclic) bond motifs is 1. The molecule has 0 amide bonds. The lowest BCUT2D eigenvalue weighted by atomic mass is 10.0. The Morgan fingerprint density at radius 3 is 2.65 bits per heavy atom. The highest BCUT2D eigenvalue weighted by molar-refractivity contribution is 5.15. The molecule has 20 heavy (non-hydrogen) atoms. The Hall–Kier alpha value is -1.48. The molecule has 0 spiro atoms. The van der Waals surface area contributed by atoms with Gasteiger partial charge in [0.2, 0.25) is 0 Å². The van der Waals surface area contributed by atoms with Gasteiger partial charge in [-0.3, -0.25) is 9.78 Å². The molecule has 3 heterocycles. The van der Waals surface area contributed by atoms with Gasteiger partial charge in [-0.05, 0) is 13.8 Å². The summed E-state index contributed by atoms with van der Waals surface area (Å²) >= 11 is 0. The molecule has 2 aliphatic heterocycles. The van der Waals surface area contributed by atoms with E-state index < -0.39 is 29.2 Å². The van der Waals surface area contributed by atoms with Crippen molar-refractivity contribution in [3.63, 3.8) is 0 Å². The zero-order valence-electron chi connectivity index (χ0n) is 11.2. The highest BCUT2D eigenvalue weighted by atomic mass is 16.8. The Morgan fingerprint density at radius 1 is 1.30 bits per heavy atom. The van der Waals surface area contributed by atoms with Gasteiger partial charge in [0.25, 0.3) is 5.56 Å². The summed E-state index contributed by atoms with van der Waals surface area (Å²) in [5.41, 5.74) is 4.92. The van der Waals surface area contributed by atoms with Crippen LogP contribution in [0.5, 0.6) is 0 Å². The number of rotatable bonds is 2. The van der Waals surface area contributed by atoms with Gasteiger partial charge in [-0.25, -0.2) is 4.79 Å². The Bertz CT molecular complexity index is 622. The van der Waals surface area contributed by atoms with Crippen LogP contribution in [-0.4, -0.2) is 40.6 Å². The molecule has 2 aliphatic rings. The number of hydrogen-bond donors (Lipinski definition) is 3. The first kappa shape index (κ1) is 13.5. The minimum Gasteiger partial charge on any atom is -0.363 e. The molecule has 1 aromatic heterocycles. The SMILES string of the molecule is CC1(C)O[C@@H]2[C@H](O1)[C@@H](CN)O[C@H]2c1c[nH]c(=O)[nH]c1=O.